The Balaban J connectivity index is 1.77. The second-order valence-electron chi connectivity index (χ2n) is 4.23. The number of sulfone groups is 1. The van der Waals surface area contributed by atoms with Crippen LogP contribution in [-0.4, -0.2) is 69.6 Å². The van der Waals surface area contributed by atoms with E-state index in [-0.39, 0.29) is 23.7 Å². The molecule has 0 bridgehead atoms. The molecule has 2 rings (SSSR count). The van der Waals surface area contributed by atoms with E-state index < -0.39 is 15.9 Å². The van der Waals surface area contributed by atoms with Crippen LogP contribution in [-0.2, 0) is 19.3 Å². The average molecular weight is 251 g/mol. The Kier molecular flexibility index (Phi) is 3.81. The lowest BCUT2D eigenvalue weighted by Gasteiger charge is -2.25. The maximum atomic E-state index is 11.2. The first-order chi connectivity index (χ1) is 7.57. The number of aliphatic hydroxyl groups excluding tert-OH is 1. The highest BCUT2D eigenvalue weighted by molar-refractivity contribution is 7.91. The largest absolute Gasteiger partial charge is 0.390 e. The predicted octanol–water partition coefficient (Wildman–Crippen LogP) is -1.85. The molecule has 2 saturated heterocycles. The van der Waals surface area contributed by atoms with Crippen LogP contribution in [0.5, 0.6) is 0 Å². The van der Waals surface area contributed by atoms with Crippen molar-refractivity contribution in [2.24, 2.45) is 0 Å². The van der Waals surface area contributed by atoms with Crippen LogP contribution in [0.15, 0.2) is 0 Å². The van der Waals surface area contributed by atoms with Crippen molar-refractivity contribution < 1.29 is 23.0 Å². The first-order valence-electron chi connectivity index (χ1n) is 5.38. The van der Waals surface area contributed by atoms with Gasteiger partial charge in [0.15, 0.2) is 9.84 Å². The van der Waals surface area contributed by atoms with Crippen LogP contribution in [0.4, 0.5) is 0 Å². The molecule has 0 saturated carbocycles. The number of nitrogens with one attached hydrogen (secondary N) is 1. The van der Waals surface area contributed by atoms with Gasteiger partial charge in [-0.2, -0.15) is 0 Å². The molecule has 2 fully saturated rings. The topological polar surface area (TPSA) is 84.9 Å². The van der Waals surface area contributed by atoms with Crippen LogP contribution in [0.25, 0.3) is 0 Å². The van der Waals surface area contributed by atoms with Gasteiger partial charge in [0, 0.05) is 12.6 Å². The Morgan fingerprint density at radius 1 is 1.31 bits per heavy atom. The van der Waals surface area contributed by atoms with Gasteiger partial charge in [-0.15, -0.1) is 0 Å². The lowest BCUT2D eigenvalue weighted by molar-refractivity contribution is -0.0875. The van der Waals surface area contributed by atoms with Crippen LogP contribution in [0, 0.1) is 0 Å². The molecule has 0 radical (unpaired) electrons. The van der Waals surface area contributed by atoms with Crippen molar-refractivity contribution in [2.75, 3.05) is 37.9 Å². The molecule has 2 N–H and O–H groups in total. The highest BCUT2D eigenvalue weighted by atomic mass is 32.2. The van der Waals surface area contributed by atoms with E-state index in [9.17, 15) is 13.5 Å². The monoisotopic (exact) mass is 251 g/mol. The minimum Gasteiger partial charge on any atom is -0.390 e. The molecule has 0 spiro atoms. The second kappa shape index (κ2) is 4.97. The summed E-state index contributed by atoms with van der Waals surface area (Å²) in [6.45, 7) is 2.20. The fourth-order valence-electron chi connectivity index (χ4n) is 1.96. The SMILES string of the molecule is O=S1(=O)CC(O)C(NCC2COCCO2)C1. The predicted molar refractivity (Wildman–Crippen MR) is 57.0 cm³/mol. The summed E-state index contributed by atoms with van der Waals surface area (Å²) in [5.41, 5.74) is 0. The Hall–Kier alpha value is -0.210. The van der Waals surface area contributed by atoms with Gasteiger partial charge >= 0.3 is 0 Å². The minimum absolute atomic E-state index is 0.00173. The summed E-state index contributed by atoms with van der Waals surface area (Å²) >= 11 is 0. The summed E-state index contributed by atoms with van der Waals surface area (Å²) < 4.78 is 33.1. The molecule has 2 aliphatic rings. The van der Waals surface area contributed by atoms with Gasteiger partial charge in [-0.3, -0.25) is 0 Å². The van der Waals surface area contributed by atoms with E-state index in [0.29, 0.717) is 26.4 Å². The fraction of sp³-hybridized carbons (Fsp3) is 1.00. The van der Waals surface area contributed by atoms with Crippen molar-refractivity contribution in [3.8, 4) is 0 Å². The van der Waals surface area contributed by atoms with Gasteiger partial charge < -0.3 is 19.9 Å². The maximum absolute atomic E-state index is 11.2. The van der Waals surface area contributed by atoms with Crippen molar-refractivity contribution >= 4 is 9.84 Å². The first kappa shape index (κ1) is 12.3. The smallest absolute Gasteiger partial charge is 0.154 e. The third-order valence-corrected chi connectivity index (χ3v) is 4.53. The van der Waals surface area contributed by atoms with E-state index in [1.54, 1.807) is 0 Å². The van der Waals surface area contributed by atoms with Gasteiger partial charge in [-0.1, -0.05) is 0 Å². The summed E-state index contributed by atoms with van der Waals surface area (Å²) in [5.74, 6) is -0.144. The Bertz CT molecular complexity index is 325. The van der Waals surface area contributed by atoms with E-state index >= 15 is 0 Å². The van der Waals surface area contributed by atoms with Crippen molar-refractivity contribution in [3.05, 3.63) is 0 Å². The van der Waals surface area contributed by atoms with Gasteiger partial charge in [-0.25, -0.2) is 8.42 Å². The molecular formula is C9H17NO5S. The molecule has 6 nitrogen and oxygen atoms in total. The molecule has 0 aromatic rings. The minimum atomic E-state index is -3.08. The normalized spacial score (nSPS) is 38.7. The van der Waals surface area contributed by atoms with Crippen molar-refractivity contribution in [1.29, 1.82) is 0 Å². The molecule has 0 aromatic heterocycles. The van der Waals surface area contributed by atoms with Crippen LogP contribution < -0.4 is 5.32 Å². The number of rotatable bonds is 3. The number of ether oxygens (including phenoxy) is 2. The zero-order chi connectivity index (χ0) is 11.6. The van der Waals surface area contributed by atoms with Crippen LogP contribution in [0.1, 0.15) is 0 Å². The first-order valence-corrected chi connectivity index (χ1v) is 7.20. The van der Waals surface area contributed by atoms with Gasteiger partial charge in [0.2, 0.25) is 0 Å². The summed E-state index contributed by atoms with van der Waals surface area (Å²) in [6, 6.07) is -0.379. The van der Waals surface area contributed by atoms with E-state index in [2.05, 4.69) is 5.32 Å². The van der Waals surface area contributed by atoms with Gasteiger partial charge in [0.25, 0.3) is 0 Å². The van der Waals surface area contributed by atoms with Crippen LogP contribution >= 0.6 is 0 Å². The van der Waals surface area contributed by atoms with Crippen molar-refractivity contribution in [1.82, 2.24) is 5.32 Å². The zero-order valence-electron chi connectivity index (χ0n) is 8.96. The molecule has 2 aliphatic heterocycles. The molecule has 3 atom stereocenters. The van der Waals surface area contributed by atoms with E-state index in [4.69, 9.17) is 9.47 Å². The van der Waals surface area contributed by atoms with Crippen molar-refractivity contribution in [3.63, 3.8) is 0 Å². The molecule has 7 heteroatoms. The van der Waals surface area contributed by atoms with Crippen LogP contribution in [0.3, 0.4) is 0 Å². The molecule has 0 aromatic carbocycles. The number of aliphatic hydroxyl groups is 1. The van der Waals surface area contributed by atoms with E-state index in [1.807, 2.05) is 0 Å². The highest BCUT2D eigenvalue weighted by Crippen LogP contribution is 2.12. The Morgan fingerprint density at radius 3 is 2.69 bits per heavy atom. The Morgan fingerprint density at radius 2 is 2.12 bits per heavy atom. The highest BCUT2D eigenvalue weighted by Gasteiger charge is 2.36. The molecular weight excluding hydrogens is 234 g/mol. The third-order valence-electron chi connectivity index (χ3n) is 2.82. The lowest BCUT2D eigenvalue weighted by Crippen LogP contribution is -2.45. The van der Waals surface area contributed by atoms with Crippen molar-refractivity contribution in [2.45, 2.75) is 18.2 Å². The molecule has 0 aliphatic carbocycles. The standard InChI is InChI=1S/C9H17NO5S/c11-9-6-16(12,13)5-8(9)10-3-7-4-14-1-2-15-7/h7-11H,1-6H2. The molecule has 2 heterocycles. The summed E-state index contributed by atoms with van der Waals surface area (Å²) in [4.78, 5) is 0. The molecule has 16 heavy (non-hydrogen) atoms. The van der Waals surface area contributed by atoms with Gasteiger partial charge in [-0.05, 0) is 0 Å². The summed E-state index contributed by atoms with van der Waals surface area (Å²) in [5, 5.41) is 12.6. The third kappa shape index (κ3) is 3.14. The number of hydrogen-bond acceptors (Lipinski definition) is 6. The maximum Gasteiger partial charge on any atom is 0.154 e. The molecule has 94 valence electrons. The number of hydrogen-bond donors (Lipinski definition) is 2. The fourth-order valence-corrected chi connectivity index (χ4v) is 3.74. The second-order valence-corrected chi connectivity index (χ2v) is 6.38. The zero-order valence-corrected chi connectivity index (χ0v) is 9.78. The van der Waals surface area contributed by atoms with E-state index in [0.717, 1.165) is 0 Å². The summed E-state index contributed by atoms with van der Waals surface area (Å²) in [6.07, 6.45) is -0.862. The quantitative estimate of drug-likeness (QED) is 0.612. The molecule has 0 amide bonds. The Labute approximate surface area is 94.8 Å². The van der Waals surface area contributed by atoms with Gasteiger partial charge in [0.1, 0.15) is 0 Å². The summed E-state index contributed by atoms with van der Waals surface area (Å²) in [7, 11) is -3.08. The lowest BCUT2D eigenvalue weighted by atomic mass is 10.2. The van der Waals surface area contributed by atoms with E-state index in [1.165, 1.54) is 0 Å². The molecule has 3 unspecified atom stereocenters. The van der Waals surface area contributed by atoms with Gasteiger partial charge in [0.05, 0.1) is 43.5 Å². The average Bonchev–Trinajstić information content (AvgIpc) is 2.50. The van der Waals surface area contributed by atoms with Crippen LogP contribution in [0.2, 0.25) is 0 Å².